The van der Waals surface area contributed by atoms with Gasteiger partial charge in [-0.05, 0) is 20.8 Å². The first-order chi connectivity index (χ1) is 7.33. The summed E-state index contributed by atoms with van der Waals surface area (Å²) in [4.78, 5) is 26.9. The van der Waals surface area contributed by atoms with E-state index in [1.54, 1.807) is 20.8 Å². The summed E-state index contributed by atoms with van der Waals surface area (Å²) in [6, 6.07) is -0.941. The van der Waals surface area contributed by atoms with Crippen LogP contribution in [0.2, 0.25) is 0 Å². The minimum atomic E-state index is -0.640. The molecule has 1 rings (SSSR count). The van der Waals surface area contributed by atoms with Gasteiger partial charge in [-0.25, -0.2) is 10.7 Å². The third kappa shape index (κ3) is 3.35. The van der Waals surface area contributed by atoms with Crippen molar-refractivity contribution in [3.8, 4) is 0 Å². The largest absolute Gasteiger partial charge is 0.444 e. The Bertz CT molecular complexity index is 287. The molecule has 1 saturated heterocycles. The number of carbonyl (C=O) groups is 2. The lowest BCUT2D eigenvalue weighted by Crippen LogP contribution is -2.70. The Balaban J connectivity index is 2.41. The number of nitrogens with two attached hydrogens (primary N) is 1. The first kappa shape index (κ1) is 12.7. The van der Waals surface area contributed by atoms with E-state index in [1.807, 2.05) is 0 Å². The third-order valence-corrected chi connectivity index (χ3v) is 1.96. The van der Waals surface area contributed by atoms with E-state index in [-0.39, 0.29) is 18.6 Å². The maximum absolute atomic E-state index is 11.4. The first-order valence-electron chi connectivity index (χ1n) is 4.95. The second-order valence-corrected chi connectivity index (χ2v) is 4.57. The lowest BCUT2D eigenvalue weighted by atomic mass is 10.0. The molecule has 1 heterocycles. The topological polar surface area (TPSA) is 103 Å². The molecule has 0 bridgehead atoms. The van der Waals surface area contributed by atoms with Crippen LogP contribution < -0.4 is 16.5 Å². The fourth-order valence-corrected chi connectivity index (χ4v) is 1.28. The standard InChI is InChI=1S/C9H17N3O4/c1-9(2,3)16-8(14)12-6-5(4-15-10)11-7(6)13/h5-6H,4,10H2,1-3H3,(H,11,13)(H,12,14). The van der Waals surface area contributed by atoms with Crippen LogP contribution in [-0.4, -0.2) is 36.3 Å². The molecule has 0 aromatic heterocycles. The van der Waals surface area contributed by atoms with Gasteiger partial charge < -0.3 is 20.2 Å². The molecule has 0 saturated carbocycles. The summed E-state index contributed by atoms with van der Waals surface area (Å²) >= 11 is 0. The summed E-state index contributed by atoms with van der Waals surface area (Å²) in [6.07, 6.45) is -0.630. The fraction of sp³-hybridized carbons (Fsp3) is 0.778. The van der Waals surface area contributed by atoms with Crippen LogP contribution in [0.5, 0.6) is 0 Å². The highest BCUT2D eigenvalue weighted by molar-refractivity contribution is 5.92. The van der Waals surface area contributed by atoms with Gasteiger partial charge in [0.15, 0.2) is 0 Å². The number of amides is 2. The van der Waals surface area contributed by atoms with Crippen molar-refractivity contribution in [3.63, 3.8) is 0 Å². The number of β-lactam (4-membered cyclic amide) rings is 1. The van der Waals surface area contributed by atoms with Crippen LogP contribution in [-0.2, 0) is 14.4 Å². The average molecular weight is 231 g/mol. The highest BCUT2D eigenvalue weighted by Crippen LogP contribution is 2.10. The maximum Gasteiger partial charge on any atom is 0.408 e. The monoisotopic (exact) mass is 231 g/mol. The van der Waals surface area contributed by atoms with E-state index in [9.17, 15) is 9.59 Å². The molecule has 0 aromatic rings. The Kier molecular flexibility index (Phi) is 3.71. The van der Waals surface area contributed by atoms with E-state index in [0.717, 1.165) is 0 Å². The lowest BCUT2D eigenvalue weighted by molar-refractivity contribution is -0.133. The van der Waals surface area contributed by atoms with Crippen LogP contribution in [0.4, 0.5) is 4.79 Å². The van der Waals surface area contributed by atoms with E-state index in [4.69, 9.17) is 10.6 Å². The number of ether oxygens (including phenoxy) is 1. The number of carbonyl (C=O) groups excluding carboxylic acids is 2. The third-order valence-electron chi connectivity index (χ3n) is 1.96. The molecule has 1 aliphatic rings. The molecule has 7 heteroatoms. The normalized spacial score (nSPS) is 24.4. The van der Waals surface area contributed by atoms with Crippen molar-refractivity contribution < 1.29 is 19.2 Å². The summed E-state index contributed by atoms with van der Waals surface area (Å²) < 4.78 is 5.02. The van der Waals surface area contributed by atoms with Crippen LogP contribution in [0.25, 0.3) is 0 Å². The van der Waals surface area contributed by atoms with Crippen LogP contribution in [0.1, 0.15) is 20.8 Å². The lowest BCUT2D eigenvalue weighted by Gasteiger charge is -2.36. The zero-order valence-corrected chi connectivity index (χ0v) is 9.57. The van der Waals surface area contributed by atoms with Crippen molar-refractivity contribution >= 4 is 12.0 Å². The molecule has 1 aliphatic heterocycles. The predicted molar refractivity (Wildman–Crippen MR) is 55.2 cm³/mol. The minimum absolute atomic E-state index is 0.145. The molecule has 0 aromatic carbocycles. The van der Waals surface area contributed by atoms with Gasteiger partial charge in [0, 0.05) is 0 Å². The number of hydrogen-bond donors (Lipinski definition) is 3. The zero-order valence-electron chi connectivity index (χ0n) is 9.57. The Labute approximate surface area is 93.6 Å². The van der Waals surface area contributed by atoms with E-state index >= 15 is 0 Å². The SMILES string of the molecule is CC(C)(C)OC(=O)NC1C(=O)NC1CON. The molecule has 4 N–H and O–H groups in total. The summed E-state index contributed by atoms with van der Waals surface area (Å²) in [5, 5.41) is 5.00. The highest BCUT2D eigenvalue weighted by atomic mass is 16.6. The summed E-state index contributed by atoms with van der Waals surface area (Å²) in [5.74, 6) is 4.61. The van der Waals surface area contributed by atoms with E-state index < -0.39 is 17.7 Å². The van der Waals surface area contributed by atoms with Gasteiger partial charge in [0.25, 0.3) is 0 Å². The quantitative estimate of drug-likeness (QED) is 0.439. The molecule has 2 amide bonds. The molecule has 92 valence electrons. The zero-order chi connectivity index (χ0) is 12.3. The van der Waals surface area contributed by atoms with Crippen molar-refractivity contribution in [3.05, 3.63) is 0 Å². The molecule has 0 radical (unpaired) electrons. The van der Waals surface area contributed by atoms with Crippen LogP contribution in [0, 0.1) is 0 Å². The van der Waals surface area contributed by atoms with Crippen molar-refractivity contribution in [1.29, 1.82) is 0 Å². The van der Waals surface area contributed by atoms with Crippen LogP contribution >= 0.6 is 0 Å². The van der Waals surface area contributed by atoms with Gasteiger partial charge in [-0.3, -0.25) is 4.79 Å². The van der Waals surface area contributed by atoms with Gasteiger partial charge in [0.2, 0.25) is 5.91 Å². The molecule has 2 unspecified atom stereocenters. The maximum atomic E-state index is 11.4. The molecule has 0 aliphatic carbocycles. The summed E-state index contributed by atoms with van der Waals surface area (Å²) in [7, 11) is 0. The smallest absolute Gasteiger partial charge is 0.408 e. The molecule has 1 fully saturated rings. The Morgan fingerprint density at radius 2 is 2.19 bits per heavy atom. The van der Waals surface area contributed by atoms with Crippen LogP contribution in [0.3, 0.4) is 0 Å². The van der Waals surface area contributed by atoms with E-state index in [2.05, 4.69) is 15.5 Å². The van der Waals surface area contributed by atoms with Gasteiger partial charge in [0.05, 0.1) is 12.6 Å². The minimum Gasteiger partial charge on any atom is -0.444 e. The summed E-state index contributed by atoms with van der Waals surface area (Å²) in [5.41, 5.74) is -0.593. The molecule has 2 atom stereocenters. The van der Waals surface area contributed by atoms with Crippen molar-refractivity contribution in [2.75, 3.05) is 6.61 Å². The Morgan fingerprint density at radius 1 is 1.56 bits per heavy atom. The summed E-state index contributed by atoms with van der Waals surface area (Å²) in [6.45, 7) is 5.38. The van der Waals surface area contributed by atoms with Crippen molar-refractivity contribution in [2.24, 2.45) is 5.90 Å². The Morgan fingerprint density at radius 3 is 2.62 bits per heavy atom. The van der Waals surface area contributed by atoms with Gasteiger partial charge in [0.1, 0.15) is 11.6 Å². The van der Waals surface area contributed by atoms with E-state index in [1.165, 1.54) is 0 Å². The van der Waals surface area contributed by atoms with Gasteiger partial charge in [-0.2, -0.15) is 0 Å². The van der Waals surface area contributed by atoms with Crippen molar-refractivity contribution in [1.82, 2.24) is 10.6 Å². The molecule has 7 nitrogen and oxygen atoms in total. The highest BCUT2D eigenvalue weighted by Gasteiger charge is 2.41. The molecule has 0 spiro atoms. The predicted octanol–water partition coefficient (Wildman–Crippen LogP) is -0.732. The molecular formula is C9H17N3O4. The van der Waals surface area contributed by atoms with Gasteiger partial charge in [-0.15, -0.1) is 0 Å². The Hall–Kier alpha value is -1.34. The second-order valence-electron chi connectivity index (χ2n) is 4.57. The molecule has 16 heavy (non-hydrogen) atoms. The van der Waals surface area contributed by atoms with Gasteiger partial charge in [-0.1, -0.05) is 0 Å². The number of alkyl carbamates (subject to hydrolysis) is 1. The van der Waals surface area contributed by atoms with Crippen LogP contribution in [0.15, 0.2) is 0 Å². The van der Waals surface area contributed by atoms with Crippen molar-refractivity contribution in [2.45, 2.75) is 38.5 Å². The molecular weight excluding hydrogens is 214 g/mol. The number of nitrogens with one attached hydrogen (secondary N) is 2. The number of hydrogen-bond acceptors (Lipinski definition) is 5. The van der Waals surface area contributed by atoms with E-state index in [0.29, 0.717) is 0 Å². The van der Waals surface area contributed by atoms with Gasteiger partial charge >= 0.3 is 6.09 Å². The second kappa shape index (κ2) is 4.67. The fourth-order valence-electron chi connectivity index (χ4n) is 1.28. The first-order valence-corrected chi connectivity index (χ1v) is 4.95. The average Bonchev–Trinajstić information content (AvgIpc) is 2.11. The number of rotatable bonds is 3.